The van der Waals surface area contributed by atoms with E-state index in [0.717, 1.165) is 10.0 Å². The lowest BCUT2D eigenvalue weighted by Crippen LogP contribution is -1.78. The quantitative estimate of drug-likeness (QED) is 0.718. The molecular weight excluding hydrogens is 293 g/mol. The van der Waals surface area contributed by atoms with Gasteiger partial charge in [-0.15, -0.1) is 0 Å². The molecular formula is C7H4Br2ClN. The summed E-state index contributed by atoms with van der Waals surface area (Å²) in [7, 11) is 0. The van der Waals surface area contributed by atoms with E-state index in [2.05, 4.69) is 36.8 Å². The predicted molar refractivity (Wildman–Crippen MR) is 55.1 cm³/mol. The Labute approximate surface area is 86.7 Å². The van der Waals surface area contributed by atoms with E-state index in [9.17, 15) is 0 Å². The Kier molecular flexibility index (Phi) is 3.55. The van der Waals surface area contributed by atoms with E-state index < -0.39 is 0 Å². The normalized spacial score (nSPS) is 11.7. The van der Waals surface area contributed by atoms with Gasteiger partial charge in [0.1, 0.15) is 5.15 Å². The fraction of sp³-hybridized carbons (Fsp3) is 0. The third-order valence-corrected chi connectivity index (χ3v) is 3.06. The van der Waals surface area contributed by atoms with E-state index >= 15 is 0 Å². The molecule has 1 heterocycles. The third kappa shape index (κ3) is 2.58. The molecule has 1 rings (SSSR count). The van der Waals surface area contributed by atoms with Crippen LogP contribution in [0, 0.1) is 0 Å². The lowest BCUT2D eigenvalue weighted by molar-refractivity contribution is 1.32. The Hall–Kier alpha value is 0.140. The molecule has 0 fully saturated rings. The minimum atomic E-state index is 0.494. The fourth-order valence-corrected chi connectivity index (χ4v) is 1.30. The summed E-state index contributed by atoms with van der Waals surface area (Å²) in [6.45, 7) is 0. The van der Waals surface area contributed by atoms with E-state index in [1.807, 2.05) is 6.07 Å². The van der Waals surface area contributed by atoms with Crippen molar-refractivity contribution in [3.63, 3.8) is 0 Å². The van der Waals surface area contributed by atoms with Gasteiger partial charge in [0, 0.05) is 10.7 Å². The molecule has 0 bridgehead atoms. The maximum absolute atomic E-state index is 5.67. The molecule has 0 amide bonds. The first-order valence-corrected chi connectivity index (χ1v) is 4.90. The van der Waals surface area contributed by atoms with Crippen molar-refractivity contribution >= 4 is 47.9 Å². The van der Waals surface area contributed by atoms with Crippen LogP contribution in [-0.2, 0) is 0 Å². The van der Waals surface area contributed by atoms with E-state index in [1.54, 1.807) is 17.2 Å². The molecule has 58 valence electrons. The SMILES string of the molecule is Clc1cc(C(Br)=CBr)ccn1. The molecule has 0 aliphatic rings. The zero-order chi connectivity index (χ0) is 8.27. The number of hydrogen-bond donors (Lipinski definition) is 0. The molecule has 0 atom stereocenters. The van der Waals surface area contributed by atoms with Crippen LogP contribution in [0.15, 0.2) is 23.3 Å². The van der Waals surface area contributed by atoms with Crippen LogP contribution in [0.1, 0.15) is 5.56 Å². The molecule has 0 aliphatic heterocycles. The second kappa shape index (κ2) is 4.24. The summed E-state index contributed by atoms with van der Waals surface area (Å²) < 4.78 is 0.946. The number of pyridine rings is 1. The maximum Gasteiger partial charge on any atom is 0.129 e. The number of hydrogen-bond acceptors (Lipinski definition) is 1. The first-order valence-electron chi connectivity index (χ1n) is 2.82. The van der Waals surface area contributed by atoms with Gasteiger partial charge in [-0.1, -0.05) is 27.5 Å². The van der Waals surface area contributed by atoms with Crippen LogP contribution in [0.3, 0.4) is 0 Å². The number of nitrogens with zero attached hydrogens (tertiary/aromatic N) is 1. The molecule has 0 saturated heterocycles. The number of halogens is 3. The van der Waals surface area contributed by atoms with Gasteiger partial charge in [0.2, 0.25) is 0 Å². The minimum absolute atomic E-state index is 0.494. The Balaban J connectivity index is 3.06. The topological polar surface area (TPSA) is 12.9 Å². The predicted octanol–water partition coefficient (Wildman–Crippen LogP) is 3.82. The highest BCUT2D eigenvalue weighted by Gasteiger charge is 1.96. The van der Waals surface area contributed by atoms with Crippen molar-refractivity contribution in [1.82, 2.24) is 4.98 Å². The lowest BCUT2D eigenvalue weighted by atomic mass is 10.3. The molecule has 1 nitrogen and oxygen atoms in total. The first kappa shape index (κ1) is 9.23. The zero-order valence-corrected chi connectivity index (χ0v) is 9.32. The van der Waals surface area contributed by atoms with Crippen molar-refractivity contribution in [3.8, 4) is 0 Å². The molecule has 0 spiro atoms. The molecule has 1 aromatic rings. The van der Waals surface area contributed by atoms with Crippen LogP contribution >= 0.6 is 43.5 Å². The van der Waals surface area contributed by atoms with E-state index in [-0.39, 0.29) is 0 Å². The van der Waals surface area contributed by atoms with Crippen molar-refractivity contribution in [2.24, 2.45) is 0 Å². The summed E-state index contributed by atoms with van der Waals surface area (Å²) in [6.07, 6.45) is 1.66. The number of rotatable bonds is 1. The molecule has 0 aliphatic carbocycles. The Bertz CT molecular complexity index is 286. The van der Waals surface area contributed by atoms with Crippen LogP contribution in [-0.4, -0.2) is 4.98 Å². The second-order valence-electron chi connectivity index (χ2n) is 1.82. The molecule has 11 heavy (non-hydrogen) atoms. The average Bonchev–Trinajstić information content (AvgIpc) is 2.03. The summed E-state index contributed by atoms with van der Waals surface area (Å²) in [5.74, 6) is 0. The van der Waals surface area contributed by atoms with Crippen LogP contribution < -0.4 is 0 Å². The highest BCUT2D eigenvalue weighted by atomic mass is 79.9. The van der Waals surface area contributed by atoms with Crippen LogP contribution in [0.25, 0.3) is 4.48 Å². The molecule has 0 saturated carbocycles. The fourth-order valence-electron chi connectivity index (χ4n) is 0.614. The molecule has 0 aromatic carbocycles. The van der Waals surface area contributed by atoms with E-state index in [4.69, 9.17) is 11.6 Å². The maximum atomic E-state index is 5.67. The summed E-state index contributed by atoms with van der Waals surface area (Å²) >= 11 is 12.2. The van der Waals surface area contributed by atoms with Gasteiger partial charge in [-0.25, -0.2) is 4.98 Å². The molecule has 0 radical (unpaired) electrons. The van der Waals surface area contributed by atoms with Crippen LogP contribution in [0.5, 0.6) is 0 Å². The summed E-state index contributed by atoms with van der Waals surface area (Å²) in [4.78, 5) is 5.64. The van der Waals surface area contributed by atoms with Crippen LogP contribution in [0.4, 0.5) is 0 Å². The van der Waals surface area contributed by atoms with Gasteiger partial charge >= 0.3 is 0 Å². The Morgan fingerprint density at radius 3 is 2.91 bits per heavy atom. The van der Waals surface area contributed by atoms with E-state index in [0.29, 0.717) is 5.15 Å². The average molecular weight is 297 g/mol. The van der Waals surface area contributed by atoms with Crippen molar-refractivity contribution < 1.29 is 0 Å². The third-order valence-electron chi connectivity index (χ3n) is 1.10. The smallest absolute Gasteiger partial charge is 0.129 e. The lowest BCUT2D eigenvalue weighted by Gasteiger charge is -1.96. The van der Waals surface area contributed by atoms with Gasteiger partial charge in [0.25, 0.3) is 0 Å². The highest BCUT2D eigenvalue weighted by Crippen LogP contribution is 2.23. The van der Waals surface area contributed by atoms with Gasteiger partial charge in [-0.3, -0.25) is 0 Å². The minimum Gasteiger partial charge on any atom is -0.245 e. The van der Waals surface area contributed by atoms with Gasteiger partial charge in [0.05, 0.1) is 0 Å². The van der Waals surface area contributed by atoms with Crippen molar-refractivity contribution in [2.45, 2.75) is 0 Å². The number of aromatic nitrogens is 1. The summed E-state index contributed by atoms with van der Waals surface area (Å²) in [5.41, 5.74) is 1.00. The largest absolute Gasteiger partial charge is 0.245 e. The van der Waals surface area contributed by atoms with Crippen LogP contribution in [0.2, 0.25) is 5.15 Å². The monoisotopic (exact) mass is 295 g/mol. The van der Waals surface area contributed by atoms with Crippen molar-refractivity contribution in [3.05, 3.63) is 34.0 Å². The van der Waals surface area contributed by atoms with Gasteiger partial charge < -0.3 is 0 Å². The van der Waals surface area contributed by atoms with Gasteiger partial charge in [-0.05, 0) is 38.6 Å². The molecule has 0 unspecified atom stereocenters. The molecule has 1 aromatic heterocycles. The first-order chi connectivity index (χ1) is 5.24. The Morgan fingerprint density at radius 2 is 2.36 bits per heavy atom. The summed E-state index contributed by atoms with van der Waals surface area (Å²) in [6, 6.07) is 3.65. The summed E-state index contributed by atoms with van der Waals surface area (Å²) in [5, 5.41) is 0.494. The van der Waals surface area contributed by atoms with Gasteiger partial charge in [0.15, 0.2) is 0 Å². The van der Waals surface area contributed by atoms with Crippen molar-refractivity contribution in [1.29, 1.82) is 0 Å². The van der Waals surface area contributed by atoms with Gasteiger partial charge in [-0.2, -0.15) is 0 Å². The second-order valence-corrected chi connectivity index (χ2v) is 3.52. The molecule has 0 N–H and O–H groups in total. The van der Waals surface area contributed by atoms with Crippen molar-refractivity contribution in [2.75, 3.05) is 0 Å². The Morgan fingerprint density at radius 1 is 1.64 bits per heavy atom. The standard InChI is InChI=1S/C7H4Br2ClN/c8-4-6(9)5-1-2-11-7(10)3-5/h1-4H. The van der Waals surface area contributed by atoms with E-state index in [1.165, 1.54) is 0 Å². The molecule has 4 heteroatoms. The zero-order valence-electron chi connectivity index (χ0n) is 5.39. The highest BCUT2D eigenvalue weighted by molar-refractivity contribution is 9.16.